The number of fused-ring (bicyclic) bond motifs is 5. The van der Waals surface area contributed by atoms with Gasteiger partial charge in [-0.3, -0.25) is 14.4 Å². The van der Waals surface area contributed by atoms with Crippen molar-refractivity contribution in [3.05, 3.63) is 11.6 Å². The predicted octanol–water partition coefficient (Wildman–Crippen LogP) is 2.35. The van der Waals surface area contributed by atoms with Gasteiger partial charge in [-0.25, -0.2) is 0 Å². The highest BCUT2D eigenvalue weighted by Crippen LogP contribution is 2.67. The number of ether oxygens (including phenoxy) is 1. The molecule has 3 fully saturated rings. The first-order valence-electron chi connectivity index (χ1n) is 10.9. The smallest absolute Gasteiger partial charge is 0.303 e. The number of hydrogen-bond acceptors (Lipinski definition) is 6. The van der Waals surface area contributed by atoms with Gasteiger partial charge in [0.2, 0.25) is 5.78 Å². The number of carbonyl (C=O) groups excluding carboxylic acids is 3. The minimum atomic E-state index is -1.47. The lowest BCUT2D eigenvalue weighted by Crippen LogP contribution is -2.59. The van der Waals surface area contributed by atoms with Crippen molar-refractivity contribution in [1.29, 1.82) is 0 Å². The quantitative estimate of drug-likeness (QED) is 0.698. The molecule has 0 bridgehead atoms. The van der Waals surface area contributed by atoms with Crippen molar-refractivity contribution in [1.82, 2.24) is 0 Å². The van der Waals surface area contributed by atoms with Gasteiger partial charge in [-0.15, -0.1) is 0 Å². The first kappa shape index (κ1) is 20.7. The Labute approximate surface area is 171 Å². The fraction of sp³-hybridized carbons (Fsp3) is 0.783. The van der Waals surface area contributed by atoms with Gasteiger partial charge in [0, 0.05) is 24.2 Å². The van der Waals surface area contributed by atoms with Crippen LogP contribution >= 0.6 is 0 Å². The molecule has 160 valence electrons. The number of rotatable bonds is 4. The maximum atomic E-state index is 12.9. The second-order valence-electron chi connectivity index (χ2n) is 9.92. The maximum absolute atomic E-state index is 12.9. The van der Waals surface area contributed by atoms with E-state index in [1.165, 1.54) is 6.92 Å². The lowest BCUT2D eigenvalue weighted by atomic mass is 9.46. The minimum Gasteiger partial charge on any atom is -0.458 e. The van der Waals surface area contributed by atoms with Gasteiger partial charge in [-0.2, -0.15) is 0 Å². The number of hydrogen-bond donors (Lipinski definition) is 2. The summed E-state index contributed by atoms with van der Waals surface area (Å²) in [4.78, 5) is 36.0. The van der Waals surface area contributed by atoms with E-state index in [9.17, 15) is 24.6 Å². The number of aliphatic hydroxyl groups is 2. The van der Waals surface area contributed by atoms with Gasteiger partial charge < -0.3 is 14.9 Å². The Balaban J connectivity index is 1.62. The lowest BCUT2D eigenvalue weighted by molar-refractivity contribution is -0.170. The topological polar surface area (TPSA) is 101 Å². The Bertz CT molecular complexity index is 771. The van der Waals surface area contributed by atoms with E-state index in [0.717, 1.165) is 31.3 Å². The van der Waals surface area contributed by atoms with E-state index in [0.29, 0.717) is 31.6 Å². The molecule has 0 heterocycles. The molecule has 0 spiro atoms. The van der Waals surface area contributed by atoms with Crippen molar-refractivity contribution < 1.29 is 29.3 Å². The molecule has 4 rings (SSSR count). The Morgan fingerprint density at radius 1 is 1.14 bits per heavy atom. The van der Waals surface area contributed by atoms with Crippen molar-refractivity contribution in [2.45, 2.75) is 70.8 Å². The average Bonchev–Trinajstić information content (AvgIpc) is 2.98. The van der Waals surface area contributed by atoms with E-state index in [2.05, 4.69) is 0 Å². The third-order valence-corrected chi connectivity index (χ3v) is 8.99. The molecule has 6 heteroatoms. The summed E-state index contributed by atoms with van der Waals surface area (Å²) in [5, 5.41) is 21.9. The van der Waals surface area contributed by atoms with Gasteiger partial charge in [-0.05, 0) is 68.8 Å². The van der Waals surface area contributed by atoms with Crippen LogP contribution in [0, 0.1) is 28.6 Å². The molecule has 2 N–H and O–H groups in total. The van der Waals surface area contributed by atoms with Gasteiger partial charge in [-0.1, -0.05) is 12.5 Å². The summed E-state index contributed by atoms with van der Waals surface area (Å²) < 4.78 is 4.91. The molecule has 6 nitrogen and oxygen atoms in total. The zero-order valence-corrected chi connectivity index (χ0v) is 17.4. The third kappa shape index (κ3) is 2.86. The largest absolute Gasteiger partial charge is 0.458 e. The van der Waals surface area contributed by atoms with Crippen LogP contribution in [0.1, 0.15) is 65.2 Å². The molecule has 0 aromatic rings. The number of ketones is 2. The van der Waals surface area contributed by atoms with Gasteiger partial charge in [0.05, 0.1) is 6.61 Å². The molecule has 29 heavy (non-hydrogen) atoms. The van der Waals surface area contributed by atoms with E-state index >= 15 is 0 Å². The predicted molar refractivity (Wildman–Crippen MR) is 105 cm³/mol. The van der Waals surface area contributed by atoms with Crippen LogP contribution < -0.4 is 0 Å². The molecule has 0 aromatic heterocycles. The van der Waals surface area contributed by atoms with E-state index in [1.807, 2.05) is 6.92 Å². The highest BCUT2D eigenvalue weighted by Gasteiger charge is 2.66. The molecule has 0 amide bonds. The van der Waals surface area contributed by atoms with E-state index in [4.69, 9.17) is 4.74 Å². The molecule has 0 radical (unpaired) electrons. The Kier molecular flexibility index (Phi) is 5.02. The first-order valence-corrected chi connectivity index (χ1v) is 10.9. The molecule has 4 aliphatic rings. The van der Waals surface area contributed by atoms with Crippen LogP contribution in [0.5, 0.6) is 0 Å². The standard InChI is InChI=1S/C23H32O6/c1-14(25)29-12-20(27)23(28)10-7-18-17-4-3-15-11-16(26)5-9-22(15,13-24)19(17)6-8-21(18,23)2/h11,17-19,24,28H,3-10,12-13H2,1-2H3/t17-,18-,19-,21-,22+,23-/m0/s1. The summed E-state index contributed by atoms with van der Waals surface area (Å²) >= 11 is 0. The SMILES string of the molecule is CC(=O)OCC(=O)[C@@]1(O)CC[C@H]2[C@@H]3CCC4=CC(=O)CC[C@]4(CO)[C@H]3CC[C@@]21C. The molecule has 0 unspecified atom stereocenters. The first-order chi connectivity index (χ1) is 13.7. The van der Waals surface area contributed by atoms with E-state index in [-0.39, 0.29) is 36.2 Å². The van der Waals surface area contributed by atoms with Crippen LogP contribution in [-0.4, -0.2) is 46.6 Å². The van der Waals surface area contributed by atoms with E-state index in [1.54, 1.807) is 6.08 Å². The van der Waals surface area contributed by atoms with Gasteiger partial charge >= 0.3 is 5.97 Å². The van der Waals surface area contributed by atoms with Crippen LogP contribution in [-0.2, 0) is 19.1 Å². The second-order valence-corrected chi connectivity index (χ2v) is 9.92. The molecule has 0 saturated heterocycles. The summed E-state index contributed by atoms with van der Waals surface area (Å²) in [5.41, 5.74) is -1.22. The molecule has 3 saturated carbocycles. The van der Waals surface area contributed by atoms with Crippen LogP contribution in [0.3, 0.4) is 0 Å². The van der Waals surface area contributed by atoms with Crippen molar-refractivity contribution >= 4 is 17.5 Å². The van der Waals surface area contributed by atoms with Crippen LogP contribution in [0.25, 0.3) is 0 Å². The summed E-state index contributed by atoms with van der Waals surface area (Å²) in [6.45, 7) is 2.97. The normalized spacial score (nSPS) is 43.7. The fourth-order valence-electron chi connectivity index (χ4n) is 7.42. The number of esters is 1. The lowest BCUT2D eigenvalue weighted by Gasteiger charge is -2.59. The van der Waals surface area contributed by atoms with Crippen molar-refractivity contribution in [2.75, 3.05) is 13.2 Å². The zero-order chi connectivity index (χ0) is 21.0. The molecule has 0 aliphatic heterocycles. The van der Waals surface area contributed by atoms with Gasteiger partial charge in [0.1, 0.15) is 5.60 Å². The van der Waals surface area contributed by atoms with Gasteiger partial charge in [0.25, 0.3) is 0 Å². The monoisotopic (exact) mass is 404 g/mol. The Morgan fingerprint density at radius 2 is 1.86 bits per heavy atom. The van der Waals surface area contributed by atoms with Gasteiger partial charge in [0.15, 0.2) is 12.4 Å². The molecular formula is C23H32O6. The number of aliphatic hydroxyl groups excluding tert-OH is 1. The van der Waals surface area contributed by atoms with Crippen molar-refractivity contribution in [3.63, 3.8) is 0 Å². The number of carbonyl (C=O) groups is 3. The minimum absolute atomic E-state index is 0.0619. The highest BCUT2D eigenvalue weighted by atomic mass is 16.5. The fourth-order valence-corrected chi connectivity index (χ4v) is 7.42. The Hall–Kier alpha value is -1.53. The maximum Gasteiger partial charge on any atom is 0.303 e. The summed E-state index contributed by atoms with van der Waals surface area (Å²) in [6.07, 6.45) is 7.38. The third-order valence-electron chi connectivity index (χ3n) is 8.99. The van der Waals surface area contributed by atoms with Crippen LogP contribution in [0.15, 0.2) is 11.6 Å². The zero-order valence-electron chi connectivity index (χ0n) is 17.4. The molecule has 6 atom stereocenters. The van der Waals surface area contributed by atoms with Crippen molar-refractivity contribution in [3.8, 4) is 0 Å². The number of Topliss-reactive ketones (excluding diaryl/α,β-unsaturated/α-hetero) is 1. The second kappa shape index (κ2) is 7.02. The van der Waals surface area contributed by atoms with Crippen molar-refractivity contribution in [2.24, 2.45) is 28.6 Å². The average molecular weight is 405 g/mol. The highest BCUT2D eigenvalue weighted by molar-refractivity contribution is 5.92. The summed E-state index contributed by atoms with van der Waals surface area (Å²) in [6, 6.07) is 0. The van der Waals surface area contributed by atoms with Crippen LogP contribution in [0.4, 0.5) is 0 Å². The molecule has 4 aliphatic carbocycles. The Morgan fingerprint density at radius 3 is 2.55 bits per heavy atom. The molecule has 0 aromatic carbocycles. The molecular weight excluding hydrogens is 372 g/mol. The summed E-state index contributed by atoms with van der Waals surface area (Å²) in [5.74, 6) is 0.0392. The van der Waals surface area contributed by atoms with Crippen LogP contribution in [0.2, 0.25) is 0 Å². The van der Waals surface area contributed by atoms with E-state index < -0.39 is 22.8 Å². The summed E-state index contributed by atoms with van der Waals surface area (Å²) in [7, 11) is 0.